The van der Waals surface area contributed by atoms with Gasteiger partial charge in [0, 0.05) is 0 Å². The molecule has 0 aliphatic heterocycles. The Bertz CT molecular complexity index is 356. The number of carbonyl (C=O) groups is 3. The van der Waals surface area contributed by atoms with Crippen LogP contribution in [0.1, 0.15) is 33.6 Å². The molecule has 4 N–H and O–H groups in total. The molecule has 1 rings (SSSR count). The normalized spacial score (nSPS) is 28.9. The van der Waals surface area contributed by atoms with E-state index in [1.165, 1.54) is 0 Å². The first kappa shape index (κ1) is 16.2. The Morgan fingerprint density at radius 1 is 1.00 bits per heavy atom. The highest BCUT2D eigenvalue weighted by molar-refractivity contribution is 5.80. The summed E-state index contributed by atoms with van der Waals surface area (Å²) < 4.78 is 0. The third-order valence-electron chi connectivity index (χ3n) is 4.00. The van der Waals surface area contributed by atoms with Crippen molar-refractivity contribution in [2.45, 2.75) is 33.6 Å². The van der Waals surface area contributed by atoms with Crippen LogP contribution in [-0.4, -0.2) is 38.5 Å². The summed E-state index contributed by atoms with van der Waals surface area (Å²) in [6.07, 6.45) is -0.947. The van der Waals surface area contributed by atoms with Crippen LogP contribution < -0.4 is 0 Å². The van der Waals surface area contributed by atoms with Gasteiger partial charge in [0.15, 0.2) is 0 Å². The first-order valence-corrected chi connectivity index (χ1v) is 5.35. The fourth-order valence-electron chi connectivity index (χ4n) is 2.32. The Morgan fingerprint density at radius 3 is 1.56 bits per heavy atom. The van der Waals surface area contributed by atoms with Gasteiger partial charge in [0.25, 0.3) is 0 Å². The zero-order valence-corrected chi connectivity index (χ0v) is 10.5. The highest BCUT2D eigenvalue weighted by Crippen LogP contribution is 2.56. The smallest absolute Gasteiger partial charge is 0.481 e. The van der Waals surface area contributed by atoms with Gasteiger partial charge in [0.2, 0.25) is 0 Å². The minimum atomic E-state index is -1.83. The zero-order valence-electron chi connectivity index (χ0n) is 10.5. The summed E-state index contributed by atoms with van der Waals surface area (Å²) in [6, 6.07) is 0. The predicted octanol–water partition coefficient (Wildman–Crippen LogP) is 1.82. The van der Waals surface area contributed by atoms with Gasteiger partial charge in [0.05, 0.1) is 11.3 Å². The van der Waals surface area contributed by atoms with Crippen LogP contribution in [0.3, 0.4) is 0 Å². The first-order chi connectivity index (χ1) is 7.96. The molecular weight excluding hydrogens is 244 g/mol. The molecule has 1 saturated carbocycles. The topological polar surface area (TPSA) is 132 Å². The van der Waals surface area contributed by atoms with Crippen LogP contribution in [-0.2, 0) is 9.59 Å². The molecule has 2 unspecified atom stereocenters. The largest absolute Gasteiger partial charge is 0.503 e. The molecule has 1 aliphatic carbocycles. The third-order valence-corrected chi connectivity index (χ3v) is 4.00. The summed E-state index contributed by atoms with van der Waals surface area (Å²) in [5.74, 6) is -2.34. The van der Waals surface area contributed by atoms with Gasteiger partial charge < -0.3 is 20.4 Å². The van der Waals surface area contributed by atoms with E-state index in [2.05, 4.69) is 0 Å². The molecule has 0 radical (unpaired) electrons. The first-order valence-electron chi connectivity index (χ1n) is 5.35. The van der Waals surface area contributed by atoms with Gasteiger partial charge in [-0.05, 0) is 25.2 Å². The van der Waals surface area contributed by atoms with E-state index in [9.17, 15) is 9.59 Å². The second kappa shape index (κ2) is 5.24. The summed E-state index contributed by atoms with van der Waals surface area (Å²) in [7, 11) is 0. The lowest BCUT2D eigenvalue weighted by atomic mass is 9.66. The van der Waals surface area contributed by atoms with E-state index in [1.807, 2.05) is 0 Å². The monoisotopic (exact) mass is 262 g/mol. The lowest BCUT2D eigenvalue weighted by Crippen LogP contribution is -2.42. The zero-order chi connectivity index (χ0) is 14.7. The molecule has 0 spiro atoms. The van der Waals surface area contributed by atoms with Crippen LogP contribution in [0.2, 0.25) is 0 Å². The summed E-state index contributed by atoms with van der Waals surface area (Å²) in [4.78, 5) is 30.6. The van der Waals surface area contributed by atoms with E-state index in [4.69, 9.17) is 25.2 Å². The van der Waals surface area contributed by atoms with Crippen LogP contribution in [0.15, 0.2) is 0 Å². The van der Waals surface area contributed by atoms with Crippen molar-refractivity contribution >= 4 is 18.1 Å². The summed E-state index contributed by atoms with van der Waals surface area (Å²) in [5.41, 5.74) is -1.61. The lowest BCUT2D eigenvalue weighted by molar-refractivity contribution is -0.157. The van der Waals surface area contributed by atoms with E-state index in [0.717, 1.165) is 0 Å². The maximum atomic E-state index is 11.1. The van der Waals surface area contributed by atoms with E-state index in [0.29, 0.717) is 12.8 Å². The van der Waals surface area contributed by atoms with Gasteiger partial charge in [0.1, 0.15) is 0 Å². The van der Waals surface area contributed by atoms with Gasteiger partial charge in [-0.15, -0.1) is 0 Å². The highest BCUT2D eigenvalue weighted by Gasteiger charge is 2.58. The van der Waals surface area contributed by atoms with Gasteiger partial charge in [-0.3, -0.25) is 9.59 Å². The number of carboxylic acids is 2. The van der Waals surface area contributed by atoms with E-state index >= 15 is 0 Å². The van der Waals surface area contributed by atoms with Crippen molar-refractivity contribution in [1.29, 1.82) is 0 Å². The molecule has 0 saturated heterocycles. The molecule has 7 nitrogen and oxygen atoms in total. The van der Waals surface area contributed by atoms with Crippen molar-refractivity contribution in [1.82, 2.24) is 0 Å². The van der Waals surface area contributed by atoms with Gasteiger partial charge in [-0.1, -0.05) is 13.8 Å². The van der Waals surface area contributed by atoms with Gasteiger partial charge in [-0.2, -0.15) is 0 Å². The minimum Gasteiger partial charge on any atom is -0.481 e. The lowest BCUT2D eigenvalue weighted by Gasteiger charge is -2.36. The second-order valence-electron chi connectivity index (χ2n) is 5.07. The van der Waals surface area contributed by atoms with Crippen LogP contribution in [0, 0.1) is 16.7 Å². The summed E-state index contributed by atoms with van der Waals surface area (Å²) in [6.45, 7) is 5.10. The highest BCUT2D eigenvalue weighted by atomic mass is 16.6. The van der Waals surface area contributed by atoms with E-state index in [1.54, 1.807) is 20.8 Å². The van der Waals surface area contributed by atoms with Crippen molar-refractivity contribution in [2.24, 2.45) is 16.7 Å². The Kier molecular flexibility index (Phi) is 4.72. The number of rotatable bonds is 2. The predicted molar refractivity (Wildman–Crippen MR) is 60.5 cm³/mol. The van der Waals surface area contributed by atoms with Crippen LogP contribution in [0.5, 0.6) is 0 Å². The van der Waals surface area contributed by atoms with Gasteiger partial charge in [-0.25, -0.2) is 4.79 Å². The molecule has 104 valence electrons. The Labute approximate surface area is 104 Å². The molecule has 0 bridgehead atoms. The number of hydrogen-bond donors (Lipinski definition) is 4. The molecular formula is C11H18O7. The molecule has 0 aromatic heterocycles. The average Bonchev–Trinajstić information content (AvgIpc) is 2.38. The SMILES string of the molecule is CC1(C(=O)O)CCC(C(=O)O)C1(C)C.O=C(O)O. The number of carboxylic acid groups (broad SMARTS) is 4. The quantitative estimate of drug-likeness (QED) is 0.596. The van der Waals surface area contributed by atoms with Crippen molar-refractivity contribution in [3.8, 4) is 0 Å². The van der Waals surface area contributed by atoms with Crippen molar-refractivity contribution in [3.05, 3.63) is 0 Å². The van der Waals surface area contributed by atoms with E-state index < -0.39 is 34.8 Å². The molecule has 18 heavy (non-hydrogen) atoms. The molecule has 1 aliphatic rings. The van der Waals surface area contributed by atoms with Crippen LogP contribution >= 0.6 is 0 Å². The molecule has 7 heteroatoms. The molecule has 0 amide bonds. The molecule has 1 fully saturated rings. The fraction of sp³-hybridized carbons (Fsp3) is 0.727. The fourth-order valence-corrected chi connectivity index (χ4v) is 2.32. The summed E-state index contributed by atoms with van der Waals surface area (Å²) >= 11 is 0. The summed E-state index contributed by atoms with van der Waals surface area (Å²) in [5, 5.41) is 32.0. The van der Waals surface area contributed by atoms with Crippen molar-refractivity contribution < 1.29 is 34.8 Å². The van der Waals surface area contributed by atoms with E-state index in [-0.39, 0.29) is 0 Å². The maximum absolute atomic E-state index is 11.1. The third kappa shape index (κ3) is 2.91. The van der Waals surface area contributed by atoms with Crippen LogP contribution in [0.4, 0.5) is 4.79 Å². The van der Waals surface area contributed by atoms with Crippen molar-refractivity contribution in [3.63, 3.8) is 0 Å². The average molecular weight is 262 g/mol. The standard InChI is InChI=1S/C10H16O4.CH2O3/c1-9(2)6(7(11)12)4-5-10(9,3)8(13)14;2-1(3)4/h6H,4-5H2,1-3H3,(H,11,12)(H,13,14);(H2,2,3,4). The molecule has 0 heterocycles. The second-order valence-corrected chi connectivity index (χ2v) is 5.07. The number of aliphatic carboxylic acids is 2. The Morgan fingerprint density at radius 2 is 1.39 bits per heavy atom. The van der Waals surface area contributed by atoms with Crippen molar-refractivity contribution in [2.75, 3.05) is 0 Å². The Balaban J connectivity index is 0.000000631. The molecule has 0 aromatic carbocycles. The molecule has 2 atom stereocenters. The molecule has 0 aromatic rings. The Hall–Kier alpha value is -1.79. The van der Waals surface area contributed by atoms with Gasteiger partial charge >= 0.3 is 18.1 Å². The maximum Gasteiger partial charge on any atom is 0.503 e. The van der Waals surface area contributed by atoms with Crippen LogP contribution in [0.25, 0.3) is 0 Å². The minimum absolute atomic E-state index is 0.437. The number of hydrogen-bond acceptors (Lipinski definition) is 3.